The van der Waals surface area contributed by atoms with E-state index in [1.165, 1.54) is 12.1 Å². The molecule has 4 heteroatoms. The molecule has 1 heterocycles. The first-order chi connectivity index (χ1) is 9.13. The van der Waals surface area contributed by atoms with Gasteiger partial charge in [0.25, 0.3) is 5.91 Å². The summed E-state index contributed by atoms with van der Waals surface area (Å²) >= 11 is 4.19. The van der Waals surface area contributed by atoms with Gasteiger partial charge in [-0.05, 0) is 37.5 Å². The third-order valence-electron chi connectivity index (χ3n) is 3.79. The van der Waals surface area contributed by atoms with Crippen LogP contribution in [0.3, 0.4) is 0 Å². The highest BCUT2D eigenvalue weighted by Crippen LogP contribution is 2.23. The molecule has 0 bridgehead atoms. The van der Waals surface area contributed by atoms with Crippen molar-refractivity contribution in [2.45, 2.75) is 50.0 Å². The lowest BCUT2D eigenvalue weighted by Gasteiger charge is -2.29. The maximum Gasteiger partial charge on any atom is 0.257 e. The van der Waals surface area contributed by atoms with E-state index in [1.807, 2.05) is 4.90 Å². The average molecular weight is 281 g/mol. The lowest BCUT2D eigenvalue weighted by atomic mass is 10.1. The molecule has 1 saturated heterocycles. The summed E-state index contributed by atoms with van der Waals surface area (Å²) in [6, 6.07) is 4.64. The Morgan fingerprint density at radius 2 is 2.21 bits per heavy atom. The first-order valence-corrected chi connectivity index (χ1v) is 7.37. The van der Waals surface area contributed by atoms with Crippen LogP contribution in [0.5, 0.6) is 0 Å². The minimum Gasteiger partial charge on any atom is -0.336 e. The second kappa shape index (κ2) is 6.42. The average Bonchev–Trinajstić information content (AvgIpc) is 2.65. The highest BCUT2D eigenvalue weighted by molar-refractivity contribution is 7.80. The third kappa shape index (κ3) is 3.30. The van der Waals surface area contributed by atoms with Crippen molar-refractivity contribution in [3.05, 3.63) is 29.6 Å². The monoisotopic (exact) mass is 281 g/mol. The predicted octanol–water partition coefficient (Wildman–Crippen LogP) is 3.91. The van der Waals surface area contributed by atoms with Gasteiger partial charge in [-0.15, -0.1) is 12.6 Å². The molecule has 0 spiro atoms. The summed E-state index contributed by atoms with van der Waals surface area (Å²) in [5.41, 5.74) is 0.146. The molecule has 0 saturated carbocycles. The molecule has 0 aromatic heterocycles. The van der Waals surface area contributed by atoms with Gasteiger partial charge >= 0.3 is 0 Å². The molecular weight excluding hydrogens is 261 g/mol. The molecule has 19 heavy (non-hydrogen) atoms. The molecule has 104 valence electrons. The molecule has 0 N–H and O–H groups in total. The molecule has 1 aromatic rings. The quantitative estimate of drug-likeness (QED) is 0.815. The number of halogens is 1. The Labute approximate surface area is 119 Å². The summed E-state index contributed by atoms with van der Waals surface area (Å²) in [4.78, 5) is 15.0. The van der Waals surface area contributed by atoms with Gasteiger partial charge in [-0.3, -0.25) is 4.79 Å². The maximum absolute atomic E-state index is 13.8. The van der Waals surface area contributed by atoms with Crippen LogP contribution in [0.15, 0.2) is 23.1 Å². The Kier molecular flexibility index (Phi) is 4.86. The molecular formula is C15H20FNOS. The maximum atomic E-state index is 13.8. The number of benzene rings is 1. The minimum atomic E-state index is -0.457. The number of hydrogen-bond donors (Lipinski definition) is 1. The predicted molar refractivity (Wildman–Crippen MR) is 77.2 cm³/mol. The van der Waals surface area contributed by atoms with Crippen molar-refractivity contribution in [2.24, 2.45) is 0 Å². The van der Waals surface area contributed by atoms with Crippen LogP contribution in [0.4, 0.5) is 4.39 Å². The van der Waals surface area contributed by atoms with Crippen molar-refractivity contribution >= 4 is 18.5 Å². The number of rotatable bonds is 2. The Balaban J connectivity index is 2.27. The second-order valence-corrected chi connectivity index (χ2v) is 5.59. The van der Waals surface area contributed by atoms with E-state index in [0.29, 0.717) is 4.90 Å². The van der Waals surface area contributed by atoms with Gasteiger partial charge in [0.05, 0.1) is 5.56 Å². The third-order valence-corrected chi connectivity index (χ3v) is 4.07. The number of likely N-dealkylation sites (tertiary alicyclic amines) is 1. The number of hydrogen-bond acceptors (Lipinski definition) is 2. The fraction of sp³-hybridized carbons (Fsp3) is 0.533. The summed E-state index contributed by atoms with van der Waals surface area (Å²) in [7, 11) is 0. The van der Waals surface area contributed by atoms with Crippen molar-refractivity contribution in [3.63, 3.8) is 0 Å². The summed E-state index contributed by atoms with van der Waals surface area (Å²) in [6.07, 6.45) is 5.25. The molecule has 1 atom stereocenters. The Morgan fingerprint density at radius 3 is 2.95 bits per heavy atom. The van der Waals surface area contributed by atoms with Crippen molar-refractivity contribution in [1.82, 2.24) is 4.90 Å². The summed E-state index contributed by atoms with van der Waals surface area (Å²) < 4.78 is 13.8. The zero-order valence-corrected chi connectivity index (χ0v) is 12.1. The van der Waals surface area contributed by atoms with Crippen molar-refractivity contribution in [3.8, 4) is 0 Å². The number of nitrogens with zero attached hydrogens (tertiary/aromatic N) is 1. The van der Waals surface area contributed by atoms with E-state index >= 15 is 0 Å². The van der Waals surface area contributed by atoms with E-state index in [4.69, 9.17) is 0 Å². The zero-order chi connectivity index (χ0) is 13.8. The van der Waals surface area contributed by atoms with E-state index in [-0.39, 0.29) is 17.5 Å². The van der Waals surface area contributed by atoms with Gasteiger partial charge in [0.15, 0.2) is 0 Å². The smallest absolute Gasteiger partial charge is 0.257 e. The Hall–Kier alpha value is -1.03. The molecule has 0 radical (unpaired) electrons. The molecule has 1 aromatic carbocycles. The van der Waals surface area contributed by atoms with Crippen molar-refractivity contribution in [1.29, 1.82) is 0 Å². The number of carbonyl (C=O) groups is 1. The van der Waals surface area contributed by atoms with Crippen LogP contribution in [0.25, 0.3) is 0 Å². The molecule has 1 fully saturated rings. The second-order valence-electron chi connectivity index (χ2n) is 5.07. The number of amides is 1. The summed E-state index contributed by atoms with van der Waals surface area (Å²) in [5.74, 6) is -0.649. The van der Waals surface area contributed by atoms with Crippen molar-refractivity contribution < 1.29 is 9.18 Å². The Morgan fingerprint density at radius 1 is 1.42 bits per heavy atom. The topological polar surface area (TPSA) is 20.3 Å². The molecule has 1 amide bonds. The fourth-order valence-corrected chi connectivity index (χ4v) is 2.90. The van der Waals surface area contributed by atoms with Crippen LogP contribution in [0.2, 0.25) is 0 Å². The summed E-state index contributed by atoms with van der Waals surface area (Å²) in [5, 5.41) is 0. The summed E-state index contributed by atoms with van der Waals surface area (Å²) in [6.45, 7) is 2.81. The molecule has 1 aliphatic heterocycles. The molecule has 1 unspecified atom stereocenters. The molecule has 2 rings (SSSR count). The van der Waals surface area contributed by atoms with E-state index in [9.17, 15) is 9.18 Å². The van der Waals surface area contributed by atoms with E-state index < -0.39 is 5.82 Å². The van der Waals surface area contributed by atoms with Crippen LogP contribution in [0.1, 0.15) is 49.4 Å². The van der Waals surface area contributed by atoms with Crippen LogP contribution in [-0.2, 0) is 0 Å². The van der Waals surface area contributed by atoms with E-state index in [2.05, 4.69) is 19.6 Å². The number of thiol groups is 1. The zero-order valence-electron chi connectivity index (χ0n) is 11.2. The van der Waals surface area contributed by atoms with Gasteiger partial charge in [0.1, 0.15) is 5.82 Å². The van der Waals surface area contributed by atoms with Gasteiger partial charge < -0.3 is 4.90 Å². The van der Waals surface area contributed by atoms with Gasteiger partial charge in [0, 0.05) is 17.5 Å². The first kappa shape index (κ1) is 14.4. The lowest BCUT2D eigenvalue weighted by Crippen LogP contribution is -2.40. The lowest BCUT2D eigenvalue weighted by molar-refractivity contribution is 0.0673. The minimum absolute atomic E-state index is 0.146. The van der Waals surface area contributed by atoms with Crippen LogP contribution >= 0.6 is 12.6 Å². The van der Waals surface area contributed by atoms with Gasteiger partial charge in [-0.25, -0.2) is 4.39 Å². The molecule has 1 aliphatic rings. The van der Waals surface area contributed by atoms with Crippen LogP contribution in [0, 0.1) is 5.82 Å². The normalized spacial score (nSPS) is 20.2. The van der Waals surface area contributed by atoms with E-state index in [0.717, 1.165) is 38.6 Å². The highest BCUT2D eigenvalue weighted by Gasteiger charge is 2.26. The van der Waals surface area contributed by atoms with Gasteiger partial charge in [0.2, 0.25) is 0 Å². The SMILES string of the molecule is CCC1CCCCCN1C(=O)c1cc(S)ccc1F. The van der Waals surface area contributed by atoms with E-state index in [1.54, 1.807) is 6.07 Å². The molecule has 2 nitrogen and oxygen atoms in total. The standard InChI is InChI=1S/C15H20FNOS/c1-2-11-6-4-3-5-9-17(11)15(18)13-10-12(19)7-8-14(13)16/h7-8,10-11,19H,2-6,9H2,1H3. The largest absolute Gasteiger partial charge is 0.336 e. The van der Waals surface area contributed by atoms with Crippen LogP contribution in [-0.4, -0.2) is 23.4 Å². The highest BCUT2D eigenvalue weighted by atomic mass is 32.1. The number of carbonyl (C=O) groups excluding carboxylic acids is 1. The van der Waals surface area contributed by atoms with Crippen molar-refractivity contribution in [2.75, 3.05) is 6.54 Å². The van der Waals surface area contributed by atoms with Gasteiger partial charge in [-0.2, -0.15) is 0 Å². The first-order valence-electron chi connectivity index (χ1n) is 6.93. The Bertz CT molecular complexity index is 463. The fourth-order valence-electron chi connectivity index (χ4n) is 2.70. The van der Waals surface area contributed by atoms with Gasteiger partial charge in [-0.1, -0.05) is 19.8 Å². The molecule has 0 aliphatic carbocycles. The van der Waals surface area contributed by atoms with Crippen LogP contribution < -0.4 is 0 Å².